The maximum Gasteiger partial charge on any atom is 0.259 e. The number of anilines is 1. The van der Waals surface area contributed by atoms with Gasteiger partial charge in [0.15, 0.2) is 12.4 Å². The van der Waals surface area contributed by atoms with Crippen molar-refractivity contribution in [2.45, 2.75) is 0 Å². The van der Waals surface area contributed by atoms with Crippen LogP contribution in [0.5, 0.6) is 11.5 Å². The predicted molar refractivity (Wildman–Crippen MR) is 131 cm³/mol. The fourth-order valence-electron chi connectivity index (χ4n) is 2.92. The number of benzene rings is 3. The molecule has 0 atom stereocenters. The number of nitrogens with one attached hydrogen (secondary N) is 1. The number of hydrogen-bond acceptors (Lipinski definition) is 5. The number of carbonyl (C=O) groups excluding carboxylic acids is 3. The lowest BCUT2D eigenvalue weighted by Crippen LogP contribution is -2.27. The molecule has 34 heavy (non-hydrogen) atoms. The van der Waals surface area contributed by atoms with E-state index in [1.54, 1.807) is 94.0 Å². The van der Waals surface area contributed by atoms with Crippen LogP contribution in [-0.2, 0) is 4.79 Å². The minimum atomic E-state index is -0.241. The van der Waals surface area contributed by atoms with Crippen molar-refractivity contribution >= 4 is 29.4 Å². The summed E-state index contributed by atoms with van der Waals surface area (Å²) in [6, 6.07) is 20.6. The van der Waals surface area contributed by atoms with Gasteiger partial charge in [0, 0.05) is 30.9 Å². The molecule has 0 spiro atoms. The molecule has 0 saturated heterocycles. The van der Waals surface area contributed by atoms with E-state index in [0.717, 1.165) is 5.56 Å². The van der Waals surface area contributed by atoms with Crippen LogP contribution in [0.15, 0.2) is 78.9 Å². The van der Waals surface area contributed by atoms with Gasteiger partial charge in [0.2, 0.25) is 0 Å². The monoisotopic (exact) mass is 458 g/mol. The average molecular weight is 459 g/mol. The molecule has 1 N–H and O–H groups in total. The second-order valence-electron chi connectivity index (χ2n) is 7.61. The zero-order chi connectivity index (χ0) is 24.5. The van der Waals surface area contributed by atoms with Crippen molar-refractivity contribution in [3.63, 3.8) is 0 Å². The van der Waals surface area contributed by atoms with Crippen molar-refractivity contribution in [2.75, 3.05) is 33.1 Å². The van der Waals surface area contributed by atoms with Gasteiger partial charge in [-0.2, -0.15) is 0 Å². The highest BCUT2D eigenvalue weighted by molar-refractivity contribution is 6.07. The SMILES string of the molecule is COc1ccc(C(=O)Nc2cccc(/C=C/C(=O)c3ccc(OCC(=O)N(C)C)cc3)c2)cc1. The van der Waals surface area contributed by atoms with Crippen LogP contribution in [0.1, 0.15) is 26.3 Å². The van der Waals surface area contributed by atoms with E-state index < -0.39 is 0 Å². The summed E-state index contributed by atoms with van der Waals surface area (Å²) in [4.78, 5) is 38.0. The van der Waals surface area contributed by atoms with Crippen LogP contribution in [0, 0.1) is 0 Å². The second-order valence-corrected chi connectivity index (χ2v) is 7.61. The molecule has 0 aliphatic carbocycles. The van der Waals surface area contributed by atoms with Crippen LogP contribution < -0.4 is 14.8 Å². The van der Waals surface area contributed by atoms with E-state index >= 15 is 0 Å². The Morgan fingerprint density at radius 1 is 0.882 bits per heavy atom. The molecule has 0 aliphatic rings. The highest BCUT2D eigenvalue weighted by Crippen LogP contribution is 2.17. The van der Waals surface area contributed by atoms with Crippen LogP contribution >= 0.6 is 0 Å². The molecule has 0 fully saturated rings. The molecule has 0 bridgehead atoms. The molecule has 3 aromatic rings. The van der Waals surface area contributed by atoms with Gasteiger partial charge >= 0.3 is 0 Å². The lowest BCUT2D eigenvalue weighted by Gasteiger charge is -2.11. The fraction of sp³-hybridized carbons (Fsp3) is 0.148. The molecule has 2 amide bonds. The first-order chi connectivity index (χ1) is 16.4. The number of carbonyl (C=O) groups is 3. The highest BCUT2D eigenvalue weighted by Gasteiger charge is 2.08. The molecule has 174 valence electrons. The average Bonchev–Trinajstić information content (AvgIpc) is 2.86. The molecule has 0 radical (unpaired) electrons. The Kier molecular flexibility index (Phi) is 8.18. The van der Waals surface area contributed by atoms with E-state index in [2.05, 4.69) is 5.32 Å². The van der Waals surface area contributed by atoms with E-state index in [9.17, 15) is 14.4 Å². The lowest BCUT2D eigenvalue weighted by atomic mass is 10.1. The number of allylic oxidation sites excluding steroid dienone is 1. The summed E-state index contributed by atoms with van der Waals surface area (Å²) in [5.74, 6) is 0.620. The van der Waals surface area contributed by atoms with Crippen molar-refractivity contribution < 1.29 is 23.9 Å². The molecule has 7 heteroatoms. The normalized spacial score (nSPS) is 10.6. The van der Waals surface area contributed by atoms with Gasteiger partial charge in [-0.3, -0.25) is 14.4 Å². The van der Waals surface area contributed by atoms with Gasteiger partial charge in [0.25, 0.3) is 11.8 Å². The van der Waals surface area contributed by atoms with Crippen LogP contribution in [0.2, 0.25) is 0 Å². The van der Waals surface area contributed by atoms with Crippen molar-refractivity contribution in [2.24, 2.45) is 0 Å². The quantitative estimate of drug-likeness (QED) is 0.382. The van der Waals surface area contributed by atoms with Gasteiger partial charge in [0.05, 0.1) is 7.11 Å². The van der Waals surface area contributed by atoms with Crippen LogP contribution in [-0.4, -0.2) is 50.3 Å². The van der Waals surface area contributed by atoms with Crippen molar-refractivity contribution in [1.29, 1.82) is 0 Å². The number of nitrogens with zero attached hydrogens (tertiary/aromatic N) is 1. The summed E-state index contributed by atoms with van der Waals surface area (Å²) in [5.41, 5.74) is 2.38. The predicted octanol–water partition coefficient (Wildman–Crippen LogP) is 4.31. The number of hydrogen-bond donors (Lipinski definition) is 1. The van der Waals surface area contributed by atoms with Crippen LogP contribution in [0.4, 0.5) is 5.69 Å². The highest BCUT2D eigenvalue weighted by atomic mass is 16.5. The van der Waals surface area contributed by atoms with Gasteiger partial charge in [0.1, 0.15) is 11.5 Å². The van der Waals surface area contributed by atoms with Crippen molar-refractivity contribution in [1.82, 2.24) is 4.90 Å². The third kappa shape index (κ3) is 6.80. The number of amides is 2. The Labute approximate surface area is 198 Å². The van der Waals surface area contributed by atoms with Gasteiger partial charge in [-0.15, -0.1) is 0 Å². The van der Waals surface area contributed by atoms with E-state index in [1.807, 2.05) is 6.07 Å². The molecule has 3 aromatic carbocycles. The fourth-order valence-corrected chi connectivity index (χ4v) is 2.92. The van der Waals surface area contributed by atoms with E-state index in [0.29, 0.717) is 28.3 Å². The maximum atomic E-state index is 12.5. The van der Waals surface area contributed by atoms with Crippen LogP contribution in [0.25, 0.3) is 6.08 Å². The van der Waals surface area contributed by atoms with E-state index in [-0.39, 0.29) is 24.2 Å². The topological polar surface area (TPSA) is 84.9 Å². The summed E-state index contributed by atoms with van der Waals surface area (Å²) >= 11 is 0. The Morgan fingerprint density at radius 2 is 1.53 bits per heavy atom. The summed E-state index contributed by atoms with van der Waals surface area (Å²) in [6.45, 7) is -0.0639. The number of ketones is 1. The van der Waals surface area contributed by atoms with Gasteiger partial charge in [-0.25, -0.2) is 0 Å². The third-order valence-corrected chi connectivity index (χ3v) is 4.92. The second kappa shape index (κ2) is 11.5. The summed E-state index contributed by atoms with van der Waals surface area (Å²) in [5, 5.41) is 2.85. The standard InChI is InChI=1S/C27H26N2O5/c1-29(2)26(31)18-34-24-14-8-20(9-15-24)25(30)16-7-19-5-4-6-22(17-19)28-27(32)21-10-12-23(33-3)13-11-21/h4-17H,18H2,1-3H3,(H,28,32)/b16-7+. The number of ether oxygens (including phenoxy) is 2. The zero-order valence-corrected chi connectivity index (χ0v) is 19.3. The van der Waals surface area contributed by atoms with E-state index in [4.69, 9.17) is 9.47 Å². The Bertz CT molecular complexity index is 1180. The number of likely N-dealkylation sites (N-methyl/N-ethyl adjacent to an activating group) is 1. The van der Waals surface area contributed by atoms with Crippen molar-refractivity contribution in [3.05, 3.63) is 95.6 Å². The van der Waals surface area contributed by atoms with Gasteiger partial charge in [-0.1, -0.05) is 18.2 Å². The molecular weight excluding hydrogens is 432 g/mol. The summed E-state index contributed by atoms with van der Waals surface area (Å²) in [7, 11) is 4.88. The molecular formula is C27H26N2O5. The molecule has 0 aliphatic heterocycles. The molecule has 7 nitrogen and oxygen atoms in total. The smallest absolute Gasteiger partial charge is 0.259 e. The first kappa shape index (κ1) is 24.3. The Hall–Kier alpha value is -4.39. The van der Waals surface area contributed by atoms with Gasteiger partial charge in [-0.05, 0) is 72.3 Å². The lowest BCUT2D eigenvalue weighted by molar-refractivity contribution is -0.130. The molecule has 3 rings (SSSR count). The number of rotatable bonds is 9. The molecule has 0 saturated carbocycles. The minimum absolute atomic E-state index is 0.0639. The first-order valence-electron chi connectivity index (χ1n) is 10.6. The Balaban J connectivity index is 1.59. The summed E-state index contributed by atoms with van der Waals surface area (Å²) < 4.78 is 10.5. The molecule has 0 heterocycles. The van der Waals surface area contributed by atoms with Gasteiger partial charge < -0.3 is 19.7 Å². The number of methoxy groups -OCH3 is 1. The third-order valence-electron chi connectivity index (χ3n) is 4.92. The van der Waals surface area contributed by atoms with Crippen LogP contribution in [0.3, 0.4) is 0 Å². The molecule has 0 aromatic heterocycles. The Morgan fingerprint density at radius 3 is 2.18 bits per heavy atom. The van der Waals surface area contributed by atoms with Crippen molar-refractivity contribution in [3.8, 4) is 11.5 Å². The first-order valence-corrected chi connectivity index (χ1v) is 10.6. The summed E-state index contributed by atoms with van der Waals surface area (Å²) in [6.07, 6.45) is 3.15. The molecule has 0 unspecified atom stereocenters. The minimum Gasteiger partial charge on any atom is -0.497 e. The maximum absolute atomic E-state index is 12.5. The van der Waals surface area contributed by atoms with E-state index in [1.165, 1.54) is 11.0 Å². The largest absolute Gasteiger partial charge is 0.497 e. The zero-order valence-electron chi connectivity index (χ0n) is 19.3.